The van der Waals surface area contributed by atoms with Crippen molar-refractivity contribution in [3.63, 3.8) is 0 Å². The average Bonchev–Trinajstić information content (AvgIpc) is 2.95. The van der Waals surface area contributed by atoms with Crippen molar-refractivity contribution < 1.29 is 45.4 Å². The second-order valence-corrected chi connectivity index (χ2v) is 8.82. The first-order chi connectivity index (χ1) is 19.0. The Kier molecular flexibility index (Phi) is 8.16. The Hall–Kier alpha value is -4.36. The standard InChI is InChI=1S/C26H22F6N4O4/c1-39-19-10-13(11-34-24(19)40-2)25(38)36-9-7-18(15(12-36)14-5-6-17(27)21(29)20(14)28)35-23(37)22-16(26(30,31)32)4-3-8-33-22/h3-6,8,10-11,15,18H,7,9,12H2,1-2H3,(H,35,37)/t15-,18+/m0/s1. The molecule has 0 spiro atoms. The fourth-order valence-corrected chi connectivity index (χ4v) is 4.53. The molecule has 0 saturated carbocycles. The van der Waals surface area contributed by atoms with Gasteiger partial charge in [0.05, 0.1) is 25.3 Å². The Labute approximate surface area is 223 Å². The lowest BCUT2D eigenvalue weighted by Gasteiger charge is -2.39. The number of carbonyl (C=O) groups excluding carboxylic acids is 2. The maximum atomic E-state index is 14.9. The van der Waals surface area contributed by atoms with Crippen molar-refractivity contribution in [3.05, 3.63) is 82.6 Å². The minimum absolute atomic E-state index is 0.0196. The summed E-state index contributed by atoms with van der Waals surface area (Å²) in [5.41, 5.74) is -2.48. The smallest absolute Gasteiger partial charge is 0.418 e. The topological polar surface area (TPSA) is 93.7 Å². The van der Waals surface area contributed by atoms with Gasteiger partial charge in [0.25, 0.3) is 17.7 Å². The number of aromatic nitrogens is 2. The van der Waals surface area contributed by atoms with Crippen LogP contribution in [0, 0.1) is 17.5 Å². The number of piperidine rings is 1. The Bertz CT molecular complexity index is 1430. The van der Waals surface area contributed by atoms with Crippen LogP contribution in [0.25, 0.3) is 0 Å². The maximum Gasteiger partial charge on any atom is 0.418 e. The molecule has 8 nitrogen and oxygen atoms in total. The van der Waals surface area contributed by atoms with Crippen LogP contribution in [0.2, 0.25) is 0 Å². The van der Waals surface area contributed by atoms with Crippen LogP contribution in [-0.4, -0.2) is 60.0 Å². The second-order valence-electron chi connectivity index (χ2n) is 8.82. The van der Waals surface area contributed by atoms with Crippen LogP contribution in [0.3, 0.4) is 0 Å². The molecule has 0 unspecified atom stereocenters. The Balaban J connectivity index is 1.67. The highest BCUT2D eigenvalue weighted by atomic mass is 19.4. The van der Waals surface area contributed by atoms with E-state index >= 15 is 0 Å². The zero-order chi connectivity index (χ0) is 29.2. The predicted octanol–water partition coefficient (Wildman–Crippen LogP) is 4.36. The van der Waals surface area contributed by atoms with Crippen molar-refractivity contribution in [2.45, 2.75) is 24.6 Å². The molecule has 1 aliphatic heterocycles. The van der Waals surface area contributed by atoms with Gasteiger partial charge in [-0.15, -0.1) is 0 Å². The summed E-state index contributed by atoms with van der Waals surface area (Å²) in [5.74, 6) is -7.41. The number of likely N-dealkylation sites (tertiary alicyclic amines) is 1. The van der Waals surface area contributed by atoms with Crippen LogP contribution in [0.1, 0.15) is 44.3 Å². The molecule has 2 amide bonds. The SMILES string of the molecule is COc1cc(C(=O)N2CC[C@@H](NC(=O)c3ncccc3C(F)(F)F)[C@H](c3ccc(F)c(F)c3F)C2)cnc1OC. The van der Waals surface area contributed by atoms with Crippen molar-refractivity contribution in [2.75, 3.05) is 27.3 Å². The molecule has 1 fully saturated rings. The van der Waals surface area contributed by atoms with Gasteiger partial charge in [-0.25, -0.2) is 18.2 Å². The van der Waals surface area contributed by atoms with Gasteiger partial charge in [-0.3, -0.25) is 14.6 Å². The van der Waals surface area contributed by atoms with Crippen molar-refractivity contribution >= 4 is 11.8 Å². The number of nitrogens with zero attached hydrogens (tertiary/aromatic N) is 3. The van der Waals surface area contributed by atoms with E-state index in [2.05, 4.69) is 15.3 Å². The number of nitrogens with one attached hydrogen (secondary N) is 1. The van der Waals surface area contributed by atoms with E-state index in [-0.39, 0.29) is 42.3 Å². The Morgan fingerprint density at radius 2 is 1.80 bits per heavy atom. The van der Waals surface area contributed by atoms with E-state index in [0.717, 1.165) is 18.3 Å². The van der Waals surface area contributed by atoms with Gasteiger partial charge in [0.15, 0.2) is 23.2 Å². The number of benzene rings is 1. The van der Waals surface area contributed by atoms with Gasteiger partial charge in [0, 0.05) is 43.5 Å². The minimum Gasteiger partial charge on any atom is -0.491 e. The van der Waals surface area contributed by atoms with Gasteiger partial charge in [-0.05, 0) is 30.2 Å². The predicted molar refractivity (Wildman–Crippen MR) is 127 cm³/mol. The molecule has 0 radical (unpaired) electrons. The lowest BCUT2D eigenvalue weighted by Crippen LogP contribution is -2.51. The third kappa shape index (κ3) is 5.65. The minimum atomic E-state index is -4.88. The molecule has 3 heterocycles. The molecule has 40 heavy (non-hydrogen) atoms. The molecular formula is C26H22F6N4O4. The van der Waals surface area contributed by atoms with Crippen LogP contribution in [0.4, 0.5) is 26.3 Å². The van der Waals surface area contributed by atoms with Gasteiger partial charge in [-0.2, -0.15) is 13.2 Å². The number of amides is 2. The average molecular weight is 568 g/mol. The number of hydrogen-bond acceptors (Lipinski definition) is 6. The highest BCUT2D eigenvalue weighted by molar-refractivity contribution is 5.95. The third-order valence-electron chi connectivity index (χ3n) is 6.49. The van der Waals surface area contributed by atoms with Crippen LogP contribution in [-0.2, 0) is 6.18 Å². The van der Waals surface area contributed by atoms with Crippen LogP contribution < -0.4 is 14.8 Å². The number of carbonyl (C=O) groups is 2. The van der Waals surface area contributed by atoms with Crippen LogP contribution in [0.5, 0.6) is 11.6 Å². The molecule has 1 aromatic carbocycles. The molecule has 3 aromatic rings. The summed E-state index contributed by atoms with van der Waals surface area (Å²) in [6.07, 6.45) is -2.70. The maximum absolute atomic E-state index is 14.9. The molecule has 1 saturated heterocycles. The van der Waals surface area contributed by atoms with E-state index in [4.69, 9.17) is 9.47 Å². The number of rotatable bonds is 6. The summed E-state index contributed by atoms with van der Waals surface area (Å²) in [5, 5.41) is 2.42. The molecular weight excluding hydrogens is 546 g/mol. The molecule has 1 aliphatic rings. The first-order valence-corrected chi connectivity index (χ1v) is 11.8. The van der Waals surface area contributed by atoms with E-state index in [1.165, 1.54) is 31.4 Å². The number of alkyl halides is 3. The Morgan fingerprint density at radius 3 is 2.48 bits per heavy atom. The Morgan fingerprint density at radius 1 is 1.05 bits per heavy atom. The molecule has 2 atom stereocenters. The second kappa shape index (κ2) is 11.4. The summed E-state index contributed by atoms with van der Waals surface area (Å²) in [4.78, 5) is 35.1. The number of pyridine rings is 2. The summed E-state index contributed by atoms with van der Waals surface area (Å²) < 4.78 is 93.3. The first-order valence-electron chi connectivity index (χ1n) is 11.8. The van der Waals surface area contributed by atoms with E-state index < -0.39 is 58.7 Å². The molecule has 2 aromatic heterocycles. The van der Waals surface area contributed by atoms with Crippen molar-refractivity contribution in [1.82, 2.24) is 20.2 Å². The van der Waals surface area contributed by atoms with Crippen molar-refractivity contribution in [1.29, 1.82) is 0 Å². The van der Waals surface area contributed by atoms with Crippen molar-refractivity contribution in [2.24, 2.45) is 0 Å². The van der Waals surface area contributed by atoms with Crippen LogP contribution >= 0.6 is 0 Å². The lowest BCUT2D eigenvalue weighted by molar-refractivity contribution is -0.138. The fraction of sp³-hybridized carbons (Fsp3) is 0.308. The number of ether oxygens (including phenoxy) is 2. The molecule has 0 aliphatic carbocycles. The highest BCUT2D eigenvalue weighted by Crippen LogP contribution is 2.34. The normalized spacial score (nSPS) is 17.4. The van der Waals surface area contributed by atoms with Gasteiger partial charge in [-0.1, -0.05) is 6.07 Å². The van der Waals surface area contributed by atoms with Gasteiger partial charge in [0.2, 0.25) is 0 Å². The van der Waals surface area contributed by atoms with Crippen LogP contribution in [0.15, 0.2) is 42.7 Å². The quantitative estimate of drug-likeness (QED) is 0.351. The highest BCUT2D eigenvalue weighted by Gasteiger charge is 2.39. The number of hydrogen-bond donors (Lipinski definition) is 1. The van der Waals surface area contributed by atoms with E-state index in [1.807, 2.05) is 0 Å². The van der Waals surface area contributed by atoms with E-state index in [0.29, 0.717) is 12.1 Å². The number of halogens is 6. The monoisotopic (exact) mass is 568 g/mol. The molecule has 4 rings (SSSR count). The zero-order valence-corrected chi connectivity index (χ0v) is 21.1. The van der Waals surface area contributed by atoms with Gasteiger partial charge >= 0.3 is 6.18 Å². The molecule has 14 heteroatoms. The zero-order valence-electron chi connectivity index (χ0n) is 21.1. The van der Waals surface area contributed by atoms with E-state index in [9.17, 15) is 35.9 Å². The lowest BCUT2D eigenvalue weighted by atomic mass is 9.85. The largest absolute Gasteiger partial charge is 0.491 e. The summed E-state index contributed by atoms with van der Waals surface area (Å²) in [6, 6.07) is 3.66. The molecule has 1 N–H and O–H groups in total. The first kappa shape index (κ1) is 28.6. The summed E-state index contributed by atoms with van der Waals surface area (Å²) in [7, 11) is 2.70. The molecule has 0 bridgehead atoms. The van der Waals surface area contributed by atoms with Gasteiger partial charge < -0.3 is 19.7 Å². The summed E-state index contributed by atoms with van der Waals surface area (Å²) >= 11 is 0. The van der Waals surface area contributed by atoms with E-state index in [1.54, 1.807) is 0 Å². The van der Waals surface area contributed by atoms with Crippen molar-refractivity contribution in [3.8, 4) is 11.6 Å². The van der Waals surface area contributed by atoms with Gasteiger partial charge in [0.1, 0.15) is 5.69 Å². The number of methoxy groups -OCH3 is 2. The molecule has 212 valence electrons. The summed E-state index contributed by atoms with van der Waals surface area (Å²) in [6.45, 7) is -0.317. The fourth-order valence-electron chi connectivity index (χ4n) is 4.53. The third-order valence-corrected chi connectivity index (χ3v) is 6.49.